The van der Waals surface area contributed by atoms with Gasteiger partial charge in [-0.25, -0.2) is 4.79 Å². The van der Waals surface area contributed by atoms with Crippen molar-refractivity contribution in [2.75, 3.05) is 13.7 Å². The largest absolute Gasteiger partial charge is 0.465 e. The second-order valence-electron chi connectivity index (χ2n) is 5.10. The van der Waals surface area contributed by atoms with E-state index in [-0.39, 0.29) is 0 Å². The molecule has 22 heavy (non-hydrogen) atoms. The zero-order valence-electron chi connectivity index (χ0n) is 12.2. The molecule has 0 aromatic carbocycles. The molecule has 1 aliphatic heterocycles. The number of hydrogen-bond donors (Lipinski definition) is 6. The van der Waals surface area contributed by atoms with Gasteiger partial charge in [-0.15, -0.1) is 0 Å². The molecule has 0 radical (unpaired) electrons. The van der Waals surface area contributed by atoms with Crippen molar-refractivity contribution in [2.45, 2.75) is 49.6 Å². The highest BCUT2D eigenvalue weighted by atomic mass is 16.7. The third-order valence-electron chi connectivity index (χ3n) is 3.38. The molecule has 1 fully saturated rings. The predicted octanol–water partition coefficient (Wildman–Crippen LogP) is -3.78. The van der Waals surface area contributed by atoms with Gasteiger partial charge >= 0.3 is 5.97 Å². The predicted molar refractivity (Wildman–Crippen MR) is 69.2 cm³/mol. The summed E-state index contributed by atoms with van der Waals surface area (Å²) in [5.41, 5.74) is 0. The van der Waals surface area contributed by atoms with E-state index in [1.54, 1.807) is 0 Å². The topological polar surface area (TPSA) is 166 Å². The van der Waals surface area contributed by atoms with Gasteiger partial charge in [0.25, 0.3) is 5.79 Å². The molecule has 10 nitrogen and oxygen atoms in total. The van der Waals surface area contributed by atoms with Crippen LogP contribution in [-0.4, -0.2) is 87.4 Å². The van der Waals surface area contributed by atoms with Crippen LogP contribution in [-0.2, 0) is 19.1 Å². The van der Waals surface area contributed by atoms with Gasteiger partial charge in [0.2, 0.25) is 5.91 Å². The molecule has 1 heterocycles. The molecule has 0 aromatic heterocycles. The molecule has 0 saturated carbocycles. The first kappa shape index (κ1) is 18.7. The van der Waals surface area contributed by atoms with E-state index in [1.807, 2.05) is 0 Å². The van der Waals surface area contributed by atoms with Gasteiger partial charge in [-0.05, 0) is 0 Å². The number of rotatable bonds is 5. The van der Waals surface area contributed by atoms with Crippen molar-refractivity contribution in [2.24, 2.45) is 0 Å². The van der Waals surface area contributed by atoms with Crippen molar-refractivity contribution in [3.8, 4) is 0 Å². The zero-order chi connectivity index (χ0) is 17.1. The fourth-order valence-corrected chi connectivity index (χ4v) is 2.29. The molecule has 0 bridgehead atoms. The Kier molecular flexibility index (Phi) is 6.23. The molecule has 0 spiro atoms. The maximum Gasteiger partial charge on any atom is 0.366 e. The van der Waals surface area contributed by atoms with Gasteiger partial charge in [0.05, 0.1) is 25.9 Å². The van der Waals surface area contributed by atoms with Gasteiger partial charge in [-0.1, -0.05) is 0 Å². The van der Waals surface area contributed by atoms with E-state index in [0.717, 1.165) is 14.0 Å². The van der Waals surface area contributed by atoms with Crippen molar-refractivity contribution in [3.63, 3.8) is 0 Å². The third kappa shape index (κ3) is 3.91. The highest BCUT2D eigenvalue weighted by Gasteiger charge is 2.54. The minimum atomic E-state index is -2.55. The number of esters is 1. The van der Waals surface area contributed by atoms with E-state index >= 15 is 0 Å². The summed E-state index contributed by atoms with van der Waals surface area (Å²) in [5.74, 6) is -4.32. The molecule has 1 aliphatic rings. The lowest BCUT2D eigenvalue weighted by molar-refractivity contribution is -0.296. The minimum Gasteiger partial charge on any atom is -0.465 e. The van der Waals surface area contributed by atoms with Crippen LogP contribution in [0.1, 0.15) is 13.3 Å². The minimum absolute atomic E-state index is 0.563. The van der Waals surface area contributed by atoms with Gasteiger partial charge in [0.15, 0.2) is 0 Å². The first-order valence-electron chi connectivity index (χ1n) is 6.57. The summed E-state index contributed by atoms with van der Waals surface area (Å²) < 4.78 is 9.45. The maximum atomic E-state index is 11.6. The van der Waals surface area contributed by atoms with Crippen molar-refractivity contribution < 1.29 is 44.6 Å². The van der Waals surface area contributed by atoms with E-state index in [9.17, 15) is 30.0 Å². The number of methoxy groups -OCH3 is 1. The Morgan fingerprint density at radius 1 is 1.45 bits per heavy atom. The number of nitrogens with one attached hydrogen (secondary N) is 1. The second-order valence-corrected chi connectivity index (χ2v) is 5.10. The molecule has 0 aromatic rings. The molecule has 0 aliphatic carbocycles. The molecule has 128 valence electrons. The van der Waals surface area contributed by atoms with E-state index < -0.39 is 61.1 Å². The van der Waals surface area contributed by atoms with E-state index in [4.69, 9.17) is 9.84 Å². The summed E-state index contributed by atoms with van der Waals surface area (Å²) in [5, 5.41) is 50.8. The van der Waals surface area contributed by atoms with Crippen LogP contribution in [0.15, 0.2) is 0 Å². The van der Waals surface area contributed by atoms with E-state index in [1.165, 1.54) is 0 Å². The molecule has 6 atom stereocenters. The van der Waals surface area contributed by atoms with Gasteiger partial charge < -0.3 is 40.3 Å². The fraction of sp³-hybridized carbons (Fsp3) is 0.833. The van der Waals surface area contributed by atoms with Gasteiger partial charge in [0, 0.05) is 13.3 Å². The summed E-state index contributed by atoms with van der Waals surface area (Å²) >= 11 is 0. The normalized spacial score (nSPS) is 34.6. The average Bonchev–Trinajstić information content (AvgIpc) is 2.46. The van der Waals surface area contributed by atoms with Gasteiger partial charge in [0.1, 0.15) is 18.3 Å². The zero-order valence-corrected chi connectivity index (χ0v) is 12.2. The summed E-state index contributed by atoms with van der Waals surface area (Å²) in [6, 6.07) is -1.21. The quantitative estimate of drug-likeness (QED) is 0.278. The number of carbonyl (C=O) groups is 2. The van der Waals surface area contributed by atoms with Crippen LogP contribution in [0.2, 0.25) is 0 Å². The number of ether oxygens (including phenoxy) is 2. The van der Waals surface area contributed by atoms with Gasteiger partial charge in [-0.3, -0.25) is 4.79 Å². The molecule has 1 amide bonds. The van der Waals surface area contributed by atoms with Crippen LogP contribution in [0.4, 0.5) is 0 Å². The van der Waals surface area contributed by atoms with Crippen LogP contribution in [0, 0.1) is 0 Å². The third-order valence-corrected chi connectivity index (χ3v) is 3.38. The smallest absolute Gasteiger partial charge is 0.366 e. The summed E-state index contributed by atoms with van der Waals surface area (Å²) in [6.45, 7) is 0.320. The Labute approximate surface area is 126 Å². The van der Waals surface area contributed by atoms with Crippen molar-refractivity contribution >= 4 is 11.9 Å². The molecule has 6 N–H and O–H groups in total. The molecular weight excluding hydrogens is 302 g/mol. The molecule has 1 saturated heterocycles. The van der Waals surface area contributed by atoms with Gasteiger partial charge in [-0.2, -0.15) is 0 Å². The molecule has 1 unspecified atom stereocenters. The Balaban J connectivity index is 3.09. The second kappa shape index (κ2) is 7.31. The summed E-state index contributed by atoms with van der Waals surface area (Å²) in [6.07, 6.45) is -7.09. The number of aliphatic hydroxyl groups is 5. The van der Waals surface area contributed by atoms with Crippen LogP contribution >= 0.6 is 0 Å². The van der Waals surface area contributed by atoms with E-state index in [0.29, 0.717) is 0 Å². The lowest BCUT2D eigenvalue weighted by atomic mass is 9.88. The Morgan fingerprint density at radius 2 is 2.05 bits per heavy atom. The Morgan fingerprint density at radius 3 is 2.50 bits per heavy atom. The highest BCUT2D eigenvalue weighted by molar-refractivity contribution is 5.78. The Bertz CT molecular complexity index is 417. The first-order chi connectivity index (χ1) is 10.2. The summed E-state index contributed by atoms with van der Waals surface area (Å²) in [7, 11) is 0.990. The highest BCUT2D eigenvalue weighted by Crippen LogP contribution is 2.31. The van der Waals surface area contributed by atoms with Crippen molar-refractivity contribution in [1.29, 1.82) is 0 Å². The fourth-order valence-electron chi connectivity index (χ4n) is 2.29. The van der Waals surface area contributed by atoms with Crippen LogP contribution in [0.3, 0.4) is 0 Å². The average molecular weight is 323 g/mol. The van der Waals surface area contributed by atoms with E-state index in [2.05, 4.69) is 10.1 Å². The monoisotopic (exact) mass is 323 g/mol. The molecule has 10 heteroatoms. The lowest BCUT2D eigenvalue weighted by Crippen LogP contribution is -2.67. The Hall–Kier alpha value is -1.30. The summed E-state index contributed by atoms with van der Waals surface area (Å²) in [4.78, 5) is 22.8. The SMILES string of the molecule is COC(=O)[C@@]1(O)C[C@H](O)[C@@H](NC(C)=O)C([C@H](O)[C@H](O)CO)O1. The molecule has 1 rings (SSSR count). The number of hydrogen-bond acceptors (Lipinski definition) is 9. The number of carbonyl (C=O) groups excluding carboxylic acids is 2. The van der Waals surface area contributed by atoms with Crippen LogP contribution in [0.5, 0.6) is 0 Å². The lowest BCUT2D eigenvalue weighted by Gasteiger charge is -2.45. The first-order valence-corrected chi connectivity index (χ1v) is 6.57. The van der Waals surface area contributed by atoms with Crippen molar-refractivity contribution in [1.82, 2.24) is 5.32 Å². The molecular formula is C12H21NO9. The number of aliphatic hydroxyl groups excluding tert-OH is 4. The van der Waals surface area contributed by atoms with Crippen LogP contribution in [0.25, 0.3) is 0 Å². The van der Waals surface area contributed by atoms with Crippen molar-refractivity contribution in [3.05, 3.63) is 0 Å². The maximum absolute atomic E-state index is 11.6. The number of amides is 1. The standard InChI is InChI=1S/C12H21NO9/c1-5(15)13-8-6(16)3-12(20,11(19)21-2)22-10(8)9(18)7(17)4-14/h6-10,14,16-18,20H,3-4H2,1-2H3,(H,13,15)/t6-,7+,8+,9+,10?,12+/m0/s1. The van der Waals surface area contributed by atoms with Crippen LogP contribution < -0.4 is 5.32 Å².